The van der Waals surface area contributed by atoms with Crippen LogP contribution in [0.15, 0.2) is 47.4 Å². The average Bonchev–Trinajstić information content (AvgIpc) is 2.51. The van der Waals surface area contributed by atoms with E-state index in [1.165, 1.54) is 18.2 Å². The molecule has 0 aliphatic heterocycles. The van der Waals surface area contributed by atoms with E-state index in [0.29, 0.717) is 23.0 Å². The van der Waals surface area contributed by atoms with Gasteiger partial charge >= 0.3 is 0 Å². The molecule has 0 unspecified atom stereocenters. The number of fused-ring (bicyclic) bond motifs is 1. The third-order valence-corrected chi connectivity index (χ3v) is 4.77. The quantitative estimate of drug-likeness (QED) is 0.556. The van der Waals surface area contributed by atoms with E-state index in [-0.39, 0.29) is 10.8 Å². The fourth-order valence-electron chi connectivity index (χ4n) is 2.11. The Hall–Kier alpha value is -2.32. The van der Waals surface area contributed by atoms with Crippen molar-refractivity contribution in [1.29, 1.82) is 0 Å². The number of hydrogen-bond acceptors (Lipinski definition) is 3. The minimum absolute atomic E-state index is 0.141. The first-order chi connectivity index (χ1) is 11.3. The molecule has 4 nitrogen and oxygen atoms in total. The van der Waals surface area contributed by atoms with Crippen molar-refractivity contribution in [3.05, 3.63) is 65.1 Å². The summed E-state index contributed by atoms with van der Waals surface area (Å²) in [5.41, 5.74) is 0.570. The zero-order chi connectivity index (χ0) is 17.5. The first kappa shape index (κ1) is 16.5. The van der Waals surface area contributed by atoms with Crippen LogP contribution in [0.4, 0.5) is 18.9 Å². The maximum absolute atomic E-state index is 13.3. The molecule has 0 aliphatic rings. The molecule has 0 fully saturated rings. The van der Waals surface area contributed by atoms with E-state index in [0.717, 1.165) is 0 Å². The number of aromatic nitrogens is 1. The van der Waals surface area contributed by atoms with Crippen molar-refractivity contribution in [3.8, 4) is 0 Å². The van der Waals surface area contributed by atoms with Crippen molar-refractivity contribution in [2.24, 2.45) is 0 Å². The minimum Gasteiger partial charge on any atom is -0.279 e. The zero-order valence-electron chi connectivity index (χ0n) is 11.7. The lowest BCUT2D eigenvalue weighted by Crippen LogP contribution is -2.14. The molecular formula is C15H8ClF3N2O2S. The monoisotopic (exact) mass is 372 g/mol. The van der Waals surface area contributed by atoms with Gasteiger partial charge in [0.1, 0.15) is 5.15 Å². The van der Waals surface area contributed by atoms with E-state index in [2.05, 4.69) is 9.71 Å². The molecule has 2 aromatic carbocycles. The molecule has 0 saturated heterocycles. The van der Waals surface area contributed by atoms with E-state index in [1.54, 1.807) is 12.1 Å². The molecule has 0 saturated carbocycles. The fraction of sp³-hybridized carbons (Fsp3) is 0. The van der Waals surface area contributed by atoms with Crippen LogP contribution in [0.2, 0.25) is 5.15 Å². The summed E-state index contributed by atoms with van der Waals surface area (Å²) in [5.74, 6) is -4.93. The van der Waals surface area contributed by atoms with Crippen LogP contribution < -0.4 is 4.72 Å². The van der Waals surface area contributed by atoms with Crippen LogP contribution in [0.5, 0.6) is 0 Å². The highest BCUT2D eigenvalue weighted by Gasteiger charge is 2.21. The van der Waals surface area contributed by atoms with Crippen molar-refractivity contribution in [3.63, 3.8) is 0 Å². The zero-order valence-corrected chi connectivity index (χ0v) is 13.3. The lowest BCUT2D eigenvalue weighted by atomic mass is 10.2. The molecule has 9 heteroatoms. The normalized spacial score (nSPS) is 11.7. The molecule has 0 bridgehead atoms. The van der Waals surface area contributed by atoms with Crippen LogP contribution in [0.1, 0.15) is 0 Å². The smallest absolute Gasteiger partial charge is 0.262 e. The SMILES string of the molecule is O=S(=O)(Nc1cccc2nc(Cl)ccc12)c1cc(F)c(F)c(F)c1. The van der Waals surface area contributed by atoms with Crippen LogP contribution in [-0.2, 0) is 10.0 Å². The number of rotatable bonds is 3. The van der Waals surface area contributed by atoms with E-state index < -0.39 is 32.4 Å². The Labute approximate surface area is 140 Å². The summed E-state index contributed by atoms with van der Waals surface area (Å²) in [4.78, 5) is 3.30. The number of hydrogen-bond donors (Lipinski definition) is 1. The summed E-state index contributed by atoms with van der Waals surface area (Å²) in [7, 11) is -4.33. The van der Waals surface area contributed by atoms with Crippen molar-refractivity contribution in [1.82, 2.24) is 4.98 Å². The topological polar surface area (TPSA) is 59.1 Å². The molecule has 0 radical (unpaired) electrons. The van der Waals surface area contributed by atoms with E-state index in [4.69, 9.17) is 11.6 Å². The Morgan fingerprint density at radius 3 is 2.33 bits per heavy atom. The van der Waals surface area contributed by atoms with E-state index in [9.17, 15) is 21.6 Å². The summed E-state index contributed by atoms with van der Waals surface area (Å²) in [5, 5.41) is 0.665. The Morgan fingerprint density at radius 2 is 1.67 bits per heavy atom. The van der Waals surface area contributed by atoms with Crippen LogP contribution in [0.25, 0.3) is 10.9 Å². The maximum atomic E-state index is 13.3. The predicted octanol–water partition coefficient (Wildman–Crippen LogP) is 4.11. The lowest BCUT2D eigenvalue weighted by Gasteiger charge is -2.11. The summed E-state index contributed by atoms with van der Waals surface area (Å²) in [6.45, 7) is 0. The molecule has 3 rings (SSSR count). The molecule has 124 valence electrons. The second kappa shape index (κ2) is 5.95. The van der Waals surface area contributed by atoms with Gasteiger partial charge in [0.15, 0.2) is 17.5 Å². The van der Waals surface area contributed by atoms with E-state index in [1.807, 2.05) is 0 Å². The Balaban J connectivity index is 2.07. The van der Waals surface area contributed by atoms with Crippen LogP contribution >= 0.6 is 11.6 Å². The van der Waals surface area contributed by atoms with Gasteiger partial charge in [-0.15, -0.1) is 0 Å². The molecule has 0 aliphatic carbocycles. The summed E-state index contributed by atoms with van der Waals surface area (Å²) in [6.07, 6.45) is 0. The standard InChI is InChI=1S/C15H8ClF3N2O2S/c16-14-5-4-9-12(20-14)2-1-3-13(9)21-24(22,23)8-6-10(17)15(19)11(18)7-8/h1-7,21H. The predicted molar refractivity (Wildman–Crippen MR) is 83.9 cm³/mol. The van der Waals surface area contributed by atoms with Gasteiger partial charge in [-0.3, -0.25) is 4.72 Å². The van der Waals surface area contributed by atoms with Gasteiger partial charge in [-0.25, -0.2) is 26.6 Å². The van der Waals surface area contributed by atoms with Crippen molar-refractivity contribution < 1.29 is 21.6 Å². The van der Waals surface area contributed by atoms with Crippen LogP contribution in [0.3, 0.4) is 0 Å². The van der Waals surface area contributed by atoms with Crippen LogP contribution in [0, 0.1) is 17.5 Å². The Kier molecular flexibility index (Phi) is 4.10. The number of sulfonamides is 1. The van der Waals surface area contributed by atoms with Crippen molar-refractivity contribution in [2.75, 3.05) is 4.72 Å². The summed E-state index contributed by atoms with van der Waals surface area (Å²) in [6, 6.07) is 8.44. The largest absolute Gasteiger partial charge is 0.279 e. The second-order valence-electron chi connectivity index (χ2n) is 4.81. The maximum Gasteiger partial charge on any atom is 0.262 e. The summed E-state index contributed by atoms with van der Waals surface area (Å²) >= 11 is 5.78. The molecule has 1 N–H and O–H groups in total. The van der Waals surface area contributed by atoms with Crippen LogP contribution in [-0.4, -0.2) is 13.4 Å². The van der Waals surface area contributed by atoms with Gasteiger partial charge in [-0.05, 0) is 36.4 Å². The molecule has 1 aromatic heterocycles. The van der Waals surface area contributed by atoms with Crippen molar-refractivity contribution in [2.45, 2.75) is 4.90 Å². The lowest BCUT2D eigenvalue weighted by molar-refractivity contribution is 0.442. The molecule has 0 spiro atoms. The van der Waals surface area contributed by atoms with Gasteiger partial charge < -0.3 is 0 Å². The Bertz CT molecular complexity index is 1030. The molecule has 0 amide bonds. The van der Waals surface area contributed by atoms with Gasteiger partial charge in [0, 0.05) is 5.39 Å². The van der Waals surface area contributed by atoms with Gasteiger partial charge in [-0.1, -0.05) is 17.7 Å². The minimum atomic E-state index is -4.33. The highest BCUT2D eigenvalue weighted by Crippen LogP contribution is 2.27. The number of benzene rings is 2. The number of pyridine rings is 1. The number of anilines is 1. The Morgan fingerprint density at radius 1 is 1.00 bits per heavy atom. The first-order valence-electron chi connectivity index (χ1n) is 6.50. The number of nitrogens with one attached hydrogen (secondary N) is 1. The third kappa shape index (κ3) is 3.02. The van der Waals surface area contributed by atoms with Gasteiger partial charge in [0.2, 0.25) is 0 Å². The second-order valence-corrected chi connectivity index (χ2v) is 6.88. The number of halogens is 4. The highest BCUT2D eigenvalue weighted by atomic mass is 35.5. The van der Waals surface area contributed by atoms with Gasteiger partial charge in [0.05, 0.1) is 16.1 Å². The summed E-state index contributed by atoms with van der Waals surface area (Å²) < 4.78 is 66.4. The molecule has 24 heavy (non-hydrogen) atoms. The molecule has 0 atom stereocenters. The molecule has 1 heterocycles. The van der Waals surface area contributed by atoms with Gasteiger partial charge in [-0.2, -0.15) is 0 Å². The fourth-order valence-corrected chi connectivity index (χ4v) is 3.37. The van der Waals surface area contributed by atoms with Gasteiger partial charge in [0.25, 0.3) is 10.0 Å². The highest BCUT2D eigenvalue weighted by molar-refractivity contribution is 7.92. The van der Waals surface area contributed by atoms with E-state index >= 15 is 0 Å². The average molecular weight is 373 g/mol. The third-order valence-electron chi connectivity index (χ3n) is 3.21. The van der Waals surface area contributed by atoms with Crippen molar-refractivity contribution >= 4 is 38.2 Å². The molecule has 3 aromatic rings. The molecular weight excluding hydrogens is 365 g/mol. The first-order valence-corrected chi connectivity index (χ1v) is 8.37. The number of nitrogens with zero attached hydrogens (tertiary/aromatic N) is 1.